The summed E-state index contributed by atoms with van der Waals surface area (Å²) in [6.07, 6.45) is -0.445. The summed E-state index contributed by atoms with van der Waals surface area (Å²) in [5.74, 6) is -4.80. The number of hydrogen-bond acceptors (Lipinski definition) is 6. The number of nitrogens with one attached hydrogen (secondary N) is 3. The zero-order valence-corrected chi connectivity index (χ0v) is 21.4. The van der Waals surface area contributed by atoms with E-state index in [4.69, 9.17) is 9.47 Å². The fraction of sp³-hybridized carbons (Fsp3) is 0.600. The van der Waals surface area contributed by atoms with Crippen LogP contribution in [0.3, 0.4) is 0 Å². The highest BCUT2D eigenvalue weighted by atomic mass is 16.6. The molecule has 198 valence electrons. The maximum atomic E-state index is 13.1. The summed E-state index contributed by atoms with van der Waals surface area (Å²) in [6.45, 7) is 8.48. The minimum atomic E-state index is -1.96. The average Bonchev–Trinajstić information content (AvgIpc) is 3.48. The Balaban J connectivity index is 2.03. The number of fused-ring (bicyclic) bond motifs is 1. The number of benzene rings is 1. The summed E-state index contributed by atoms with van der Waals surface area (Å²) in [6, 6.07) is 5.29. The third-order valence-corrected chi connectivity index (χ3v) is 7.57. The number of alkyl carbamates (subject to hydrolysis) is 1. The van der Waals surface area contributed by atoms with E-state index in [1.165, 1.54) is 7.11 Å². The first-order chi connectivity index (χ1) is 16.8. The molecule has 2 aliphatic rings. The van der Waals surface area contributed by atoms with Gasteiger partial charge in [0.15, 0.2) is 5.54 Å². The molecule has 5 atom stereocenters. The molecular weight excluding hydrogens is 470 g/mol. The Bertz CT molecular complexity index is 1050. The standard InChI is InChI=1S/C25H35N3O8/c1-7-24(8-2)18(27-21(33)26-13-11-9-10-12-14(13)35-6)15-16(19(29)30)17(15)25(24,20(31)32)28-22(34)36-23(3,4)5/h9-12,15-18H,7-8H2,1-6H3,(H,28,34)(H,29,30)(H,31,32)(H2,26,27,33)/t15-,16-,17+,18+,25-/m1/s1. The molecule has 3 amide bonds. The number of aliphatic carboxylic acids is 2. The molecule has 11 nitrogen and oxygen atoms in total. The van der Waals surface area contributed by atoms with Crippen molar-refractivity contribution in [1.82, 2.24) is 10.6 Å². The van der Waals surface area contributed by atoms with Crippen molar-refractivity contribution in [2.75, 3.05) is 12.4 Å². The van der Waals surface area contributed by atoms with Gasteiger partial charge in [0.1, 0.15) is 11.4 Å². The van der Waals surface area contributed by atoms with Gasteiger partial charge >= 0.3 is 24.1 Å². The van der Waals surface area contributed by atoms with Gasteiger partial charge < -0.3 is 35.6 Å². The number of rotatable bonds is 8. The van der Waals surface area contributed by atoms with E-state index in [2.05, 4.69) is 16.0 Å². The fourth-order valence-corrected chi connectivity index (χ4v) is 6.18. The first-order valence-corrected chi connectivity index (χ1v) is 12.0. The Morgan fingerprint density at radius 2 is 1.67 bits per heavy atom. The van der Waals surface area contributed by atoms with E-state index in [0.29, 0.717) is 11.4 Å². The van der Waals surface area contributed by atoms with Gasteiger partial charge in [-0.2, -0.15) is 0 Å². The van der Waals surface area contributed by atoms with Crippen LogP contribution in [-0.4, -0.2) is 58.6 Å². The molecule has 3 rings (SSSR count). The van der Waals surface area contributed by atoms with Crippen molar-refractivity contribution < 1.29 is 38.9 Å². The zero-order chi connectivity index (χ0) is 27.1. The quantitative estimate of drug-likeness (QED) is 0.359. The number of methoxy groups -OCH3 is 1. The molecule has 2 aliphatic carbocycles. The Morgan fingerprint density at radius 3 is 2.17 bits per heavy atom. The molecule has 2 fully saturated rings. The maximum Gasteiger partial charge on any atom is 0.408 e. The summed E-state index contributed by atoms with van der Waals surface area (Å²) in [4.78, 5) is 51.0. The van der Waals surface area contributed by atoms with Crippen LogP contribution < -0.4 is 20.7 Å². The minimum absolute atomic E-state index is 0.255. The Hall–Kier alpha value is -3.50. The van der Waals surface area contributed by atoms with Gasteiger partial charge in [-0.1, -0.05) is 26.0 Å². The van der Waals surface area contributed by atoms with Gasteiger partial charge in [-0.15, -0.1) is 0 Å². The summed E-state index contributed by atoms with van der Waals surface area (Å²) in [5.41, 5.74) is -3.65. The molecule has 0 bridgehead atoms. The molecule has 0 heterocycles. The number of amides is 3. The molecule has 36 heavy (non-hydrogen) atoms. The van der Waals surface area contributed by atoms with Crippen LogP contribution in [0.25, 0.3) is 0 Å². The van der Waals surface area contributed by atoms with Crippen molar-refractivity contribution in [3.63, 3.8) is 0 Å². The number of ether oxygens (including phenoxy) is 2. The Labute approximate surface area is 209 Å². The smallest absolute Gasteiger partial charge is 0.408 e. The molecular formula is C25H35N3O8. The number of carbonyl (C=O) groups is 4. The number of para-hydroxylation sites is 2. The fourth-order valence-electron chi connectivity index (χ4n) is 6.18. The lowest BCUT2D eigenvalue weighted by Gasteiger charge is -2.48. The molecule has 0 saturated heterocycles. The van der Waals surface area contributed by atoms with Gasteiger partial charge in [0.05, 0.1) is 18.7 Å². The van der Waals surface area contributed by atoms with Crippen LogP contribution in [0, 0.1) is 23.2 Å². The van der Waals surface area contributed by atoms with E-state index in [1.54, 1.807) is 58.9 Å². The first-order valence-electron chi connectivity index (χ1n) is 12.0. The lowest BCUT2D eigenvalue weighted by molar-refractivity contribution is -0.155. The van der Waals surface area contributed by atoms with Crippen LogP contribution >= 0.6 is 0 Å². The normalized spacial score (nSPS) is 27.8. The number of carboxylic acid groups (broad SMARTS) is 2. The van der Waals surface area contributed by atoms with E-state index in [0.717, 1.165) is 0 Å². The lowest BCUT2D eigenvalue weighted by atomic mass is 9.62. The van der Waals surface area contributed by atoms with Gasteiger partial charge in [0, 0.05) is 17.4 Å². The van der Waals surface area contributed by atoms with Crippen LogP contribution in [0.2, 0.25) is 0 Å². The van der Waals surface area contributed by atoms with Gasteiger partial charge in [-0.05, 0) is 51.7 Å². The van der Waals surface area contributed by atoms with E-state index in [1.807, 2.05) is 0 Å². The number of carbonyl (C=O) groups excluding carboxylic acids is 2. The van der Waals surface area contributed by atoms with Gasteiger partial charge in [0.25, 0.3) is 0 Å². The van der Waals surface area contributed by atoms with Crippen LogP contribution in [0.1, 0.15) is 47.5 Å². The number of hydrogen-bond donors (Lipinski definition) is 5. The first kappa shape index (κ1) is 27.1. The molecule has 0 aliphatic heterocycles. The van der Waals surface area contributed by atoms with Gasteiger partial charge in [-0.3, -0.25) is 4.79 Å². The maximum absolute atomic E-state index is 13.1. The molecule has 2 saturated carbocycles. The second kappa shape index (κ2) is 9.51. The predicted molar refractivity (Wildman–Crippen MR) is 130 cm³/mol. The average molecular weight is 506 g/mol. The minimum Gasteiger partial charge on any atom is -0.495 e. The van der Waals surface area contributed by atoms with E-state index < -0.39 is 64.4 Å². The Morgan fingerprint density at radius 1 is 1.06 bits per heavy atom. The largest absolute Gasteiger partial charge is 0.495 e. The molecule has 1 aromatic rings. The van der Waals surface area contributed by atoms with Crippen molar-refractivity contribution in [1.29, 1.82) is 0 Å². The lowest BCUT2D eigenvalue weighted by Crippen LogP contribution is -2.69. The summed E-state index contributed by atoms with van der Waals surface area (Å²) < 4.78 is 10.6. The highest BCUT2D eigenvalue weighted by Crippen LogP contribution is 2.71. The topological polar surface area (TPSA) is 163 Å². The highest BCUT2D eigenvalue weighted by molar-refractivity contribution is 5.94. The SMILES string of the molecule is CCC1(CC)[C@@H](NC(=O)Nc2ccccc2OC)[C@@H]2[C@@H](C(=O)O)[C@H]2[C@@]1(NC(=O)OC(C)(C)C)C(=O)O. The molecule has 0 radical (unpaired) electrons. The highest BCUT2D eigenvalue weighted by Gasteiger charge is 2.84. The van der Waals surface area contributed by atoms with E-state index in [9.17, 15) is 29.4 Å². The Kier molecular flexibility index (Phi) is 7.16. The number of urea groups is 1. The molecule has 1 aromatic carbocycles. The molecule has 0 spiro atoms. The van der Waals surface area contributed by atoms with Gasteiger partial charge in [-0.25, -0.2) is 14.4 Å². The second-order valence-electron chi connectivity index (χ2n) is 10.3. The van der Waals surface area contributed by atoms with Crippen molar-refractivity contribution >= 4 is 29.8 Å². The third-order valence-electron chi connectivity index (χ3n) is 7.57. The molecule has 0 aromatic heterocycles. The molecule has 0 unspecified atom stereocenters. The van der Waals surface area contributed by atoms with Crippen LogP contribution in [0.15, 0.2) is 24.3 Å². The van der Waals surface area contributed by atoms with Crippen molar-refractivity contribution in [2.24, 2.45) is 23.2 Å². The molecule has 5 N–H and O–H groups in total. The zero-order valence-electron chi connectivity index (χ0n) is 21.4. The van der Waals surface area contributed by atoms with Crippen molar-refractivity contribution in [3.8, 4) is 5.75 Å². The number of anilines is 1. The van der Waals surface area contributed by atoms with Crippen LogP contribution in [0.5, 0.6) is 5.75 Å². The van der Waals surface area contributed by atoms with Crippen LogP contribution in [0.4, 0.5) is 15.3 Å². The number of carboxylic acids is 2. The van der Waals surface area contributed by atoms with E-state index in [-0.39, 0.29) is 12.8 Å². The van der Waals surface area contributed by atoms with Gasteiger partial charge in [0.2, 0.25) is 0 Å². The monoisotopic (exact) mass is 505 g/mol. The summed E-state index contributed by atoms with van der Waals surface area (Å²) in [7, 11) is 1.46. The van der Waals surface area contributed by atoms with Crippen LogP contribution in [-0.2, 0) is 14.3 Å². The summed E-state index contributed by atoms with van der Waals surface area (Å²) in [5, 5.41) is 28.6. The van der Waals surface area contributed by atoms with Crippen molar-refractivity contribution in [2.45, 2.75) is 64.6 Å². The van der Waals surface area contributed by atoms with E-state index >= 15 is 0 Å². The molecule has 11 heteroatoms. The van der Waals surface area contributed by atoms with Crippen molar-refractivity contribution in [3.05, 3.63) is 24.3 Å². The summed E-state index contributed by atoms with van der Waals surface area (Å²) >= 11 is 0. The predicted octanol–water partition coefficient (Wildman–Crippen LogP) is 3.30. The second-order valence-corrected chi connectivity index (χ2v) is 10.3. The third kappa shape index (κ3) is 4.31.